The third-order valence-electron chi connectivity index (χ3n) is 4.15. The lowest BCUT2D eigenvalue weighted by atomic mass is 10.1. The van der Waals surface area contributed by atoms with E-state index in [2.05, 4.69) is 10.4 Å². The van der Waals surface area contributed by atoms with Gasteiger partial charge in [-0.15, -0.1) is 0 Å². The highest BCUT2D eigenvalue weighted by Gasteiger charge is 2.20. The van der Waals surface area contributed by atoms with Crippen LogP contribution < -0.4 is 10.1 Å². The van der Waals surface area contributed by atoms with E-state index in [1.807, 2.05) is 0 Å². The number of halogens is 1. The molecule has 0 aliphatic carbocycles. The fourth-order valence-electron chi connectivity index (χ4n) is 2.72. The molecule has 8 heteroatoms. The van der Waals surface area contributed by atoms with Crippen molar-refractivity contribution in [2.75, 3.05) is 13.2 Å². The molecule has 1 aromatic heterocycles. The largest absolute Gasteiger partial charge is 0.489 e. The molecule has 3 rings (SSSR count). The van der Waals surface area contributed by atoms with Crippen molar-refractivity contribution in [2.45, 2.75) is 12.6 Å². The second-order valence-corrected chi connectivity index (χ2v) is 6.07. The van der Waals surface area contributed by atoms with Crippen LogP contribution in [0.3, 0.4) is 0 Å². The van der Waals surface area contributed by atoms with E-state index in [1.54, 1.807) is 43.4 Å². The molecule has 1 heterocycles. The number of rotatable bonds is 7. The Bertz CT molecular complexity index is 953. The quantitative estimate of drug-likeness (QED) is 0.581. The Morgan fingerprint density at radius 1 is 1.26 bits per heavy atom. The third-order valence-corrected chi connectivity index (χ3v) is 4.15. The van der Waals surface area contributed by atoms with E-state index < -0.39 is 11.9 Å². The zero-order valence-electron chi connectivity index (χ0n) is 14.7. The highest BCUT2D eigenvalue weighted by Crippen LogP contribution is 2.24. The maximum atomic E-state index is 13.7. The minimum Gasteiger partial charge on any atom is -0.489 e. The van der Waals surface area contributed by atoms with Crippen LogP contribution in [0.5, 0.6) is 5.75 Å². The molecule has 27 heavy (non-hydrogen) atoms. The van der Waals surface area contributed by atoms with Crippen LogP contribution >= 0.6 is 0 Å². The number of aliphatic hydroxyl groups excluding tert-OH is 2. The third kappa shape index (κ3) is 4.07. The van der Waals surface area contributed by atoms with Crippen LogP contribution in [0.2, 0.25) is 0 Å². The van der Waals surface area contributed by atoms with Gasteiger partial charge in [-0.1, -0.05) is 18.2 Å². The van der Waals surface area contributed by atoms with Gasteiger partial charge in [-0.25, -0.2) is 4.39 Å². The maximum absolute atomic E-state index is 13.7. The number of aryl methyl sites for hydroxylation is 1. The number of fused-ring (bicyclic) bond motifs is 1. The van der Waals surface area contributed by atoms with Crippen molar-refractivity contribution < 1.29 is 24.1 Å². The summed E-state index contributed by atoms with van der Waals surface area (Å²) in [7, 11) is 1.63. The van der Waals surface area contributed by atoms with Crippen molar-refractivity contribution in [1.82, 2.24) is 15.1 Å². The predicted octanol–water partition coefficient (Wildman–Crippen LogP) is 1.37. The number of hydrogen-bond donors (Lipinski definition) is 3. The van der Waals surface area contributed by atoms with Gasteiger partial charge in [0.25, 0.3) is 5.91 Å². The summed E-state index contributed by atoms with van der Waals surface area (Å²) in [6, 6.07) is 10.6. The van der Waals surface area contributed by atoms with E-state index in [9.17, 15) is 9.18 Å². The normalized spacial score (nSPS) is 11.1. The zero-order chi connectivity index (χ0) is 19.4. The first kappa shape index (κ1) is 18.8. The molecule has 7 nitrogen and oxygen atoms in total. The fourth-order valence-corrected chi connectivity index (χ4v) is 2.72. The molecular weight excluding hydrogens is 353 g/mol. The number of ether oxygens (including phenoxy) is 1. The molecule has 1 amide bonds. The molecule has 0 aliphatic rings. The smallest absolute Gasteiger partial charge is 0.270 e. The van der Waals surface area contributed by atoms with Crippen LogP contribution in [-0.4, -0.2) is 45.2 Å². The lowest BCUT2D eigenvalue weighted by molar-refractivity contribution is 0.0871. The molecule has 0 saturated carbocycles. The van der Waals surface area contributed by atoms with Crippen LogP contribution in [0.4, 0.5) is 4.39 Å². The first-order valence-electron chi connectivity index (χ1n) is 8.39. The van der Waals surface area contributed by atoms with Crippen molar-refractivity contribution in [3.05, 3.63) is 59.5 Å². The average molecular weight is 373 g/mol. The summed E-state index contributed by atoms with van der Waals surface area (Å²) in [6.45, 7) is -0.707. The summed E-state index contributed by atoms with van der Waals surface area (Å²) in [5.41, 5.74) is 1.29. The van der Waals surface area contributed by atoms with E-state index in [1.165, 1.54) is 10.7 Å². The lowest BCUT2D eigenvalue weighted by Crippen LogP contribution is -2.40. The minimum atomic E-state index is -0.761. The number of carbonyl (C=O) groups excluding carboxylic acids is 1. The Morgan fingerprint density at radius 2 is 2.00 bits per heavy atom. The van der Waals surface area contributed by atoms with E-state index in [4.69, 9.17) is 14.9 Å². The van der Waals surface area contributed by atoms with Gasteiger partial charge in [-0.05, 0) is 24.3 Å². The average Bonchev–Trinajstić information content (AvgIpc) is 3.00. The van der Waals surface area contributed by atoms with Gasteiger partial charge in [-0.3, -0.25) is 9.48 Å². The van der Waals surface area contributed by atoms with E-state index in [0.29, 0.717) is 22.2 Å². The van der Waals surface area contributed by atoms with Gasteiger partial charge in [0.05, 0.1) is 24.8 Å². The molecule has 0 radical (unpaired) electrons. The fraction of sp³-hybridized carbons (Fsp3) is 0.263. The molecule has 0 unspecified atom stereocenters. The van der Waals surface area contributed by atoms with Crippen LogP contribution in [0, 0.1) is 5.82 Å². The van der Waals surface area contributed by atoms with Crippen LogP contribution in [0.15, 0.2) is 42.5 Å². The molecule has 2 aromatic carbocycles. The monoisotopic (exact) mass is 373 g/mol. The number of nitrogens with zero attached hydrogens (tertiary/aromatic N) is 2. The number of amides is 1. The number of hydrogen-bond acceptors (Lipinski definition) is 5. The Balaban J connectivity index is 1.85. The zero-order valence-corrected chi connectivity index (χ0v) is 14.7. The van der Waals surface area contributed by atoms with Crippen LogP contribution in [0.1, 0.15) is 16.1 Å². The minimum absolute atomic E-state index is 0.0526. The van der Waals surface area contributed by atoms with Crippen molar-refractivity contribution >= 4 is 16.8 Å². The molecule has 3 N–H and O–H groups in total. The summed E-state index contributed by atoms with van der Waals surface area (Å²) in [5, 5.41) is 25.7. The Hall–Kier alpha value is -2.97. The summed E-state index contributed by atoms with van der Waals surface area (Å²) >= 11 is 0. The van der Waals surface area contributed by atoms with E-state index in [0.717, 1.165) is 0 Å². The molecule has 0 atom stereocenters. The number of carbonyl (C=O) groups is 1. The maximum Gasteiger partial charge on any atom is 0.270 e. The second-order valence-electron chi connectivity index (χ2n) is 6.07. The molecular formula is C19H20FN3O4. The van der Waals surface area contributed by atoms with Gasteiger partial charge in [0.15, 0.2) is 0 Å². The topological polar surface area (TPSA) is 96.6 Å². The first-order valence-corrected chi connectivity index (χ1v) is 8.39. The highest BCUT2D eigenvalue weighted by atomic mass is 19.1. The second kappa shape index (κ2) is 8.15. The highest BCUT2D eigenvalue weighted by molar-refractivity contribution is 6.05. The van der Waals surface area contributed by atoms with Crippen molar-refractivity contribution in [1.29, 1.82) is 0 Å². The number of aromatic nitrogens is 2. The molecule has 0 spiro atoms. The van der Waals surface area contributed by atoms with E-state index in [-0.39, 0.29) is 31.3 Å². The SMILES string of the molecule is Cn1nc2ccc(OCc3ccccc3F)cc2c1C(=O)NC(CO)CO. The summed E-state index contributed by atoms with van der Waals surface area (Å²) in [5.74, 6) is -0.355. The molecule has 142 valence electrons. The van der Waals surface area contributed by atoms with E-state index >= 15 is 0 Å². The van der Waals surface area contributed by atoms with Crippen LogP contribution in [0.25, 0.3) is 10.9 Å². The van der Waals surface area contributed by atoms with Gasteiger partial charge in [0.1, 0.15) is 23.9 Å². The Morgan fingerprint density at radius 3 is 2.70 bits per heavy atom. The summed E-state index contributed by atoms with van der Waals surface area (Å²) in [4.78, 5) is 12.5. The van der Waals surface area contributed by atoms with Crippen molar-refractivity contribution in [2.24, 2.45) is 7.05 Å². The predicted molar refractivity (Wildman–Crippen MR) is 96.9 cm³/mol. The Kier molecular flexibility index (Phi) is 5.68. The van der Waals surface area contributed by atoms with Gasteiger partial charge in [0.2, 0.25) is 0 Å². The molecule has 3 aromatic rings. The van der Waals surface area contributed by atoms with Crippen LogP contribution in [-0.2, 0) is 13.7 Å². The molecule has 0 bridgehead atoms. The number of nitrogens with one attached hydrogen (secondary N) is 1. The summed E-state index contributed by atoms with van der Waals surface area (Å²) in [6.07, 6.45) is 0. The standard InChI is InChI=1S/C19H20FN3O4/c1-23-18(19(26)21-13(9-24)10-25)15-8-14(6-7-17(15)22-23)27-11-12-4-2-3-5-16(12)20/h2-8,13,24-25H,9-11H2,1H3,(H,21,26). The number of aliphatic hydroxyl groups is 2. The van der Waals surface area contributed by atoms with Gasteiger partial charge in [0, 0.05) is 18.0 Å². The van der Waals surface area contributed by atoms with Gasteiger partial charge < -0.3 is 20.3 Å². The molecule has 0 fully saturated rings. The number of benzene rings is 2. The summed E-state index contributed by atoms with van der Waals surface area (Å²) < 4.78 is 20.8. The molecule has 0 saturated heterocycles. The lowest BCUT2D eigenvalue weighted by Gasteiger charge is -2.13. The van der Waals surface area contributed by atoms with Gasteiger partial charge in [-0.2, -0.15) is 5.10 Å². The Labute approximate surface area is 155 Å². The van der Waals surface area contributed by atoms with Gasteiger partial charge >= 0.3 is 0 Å². The van der Waals surface area contributed by atoms with Crippen molar-refractivity contribution in [3.63, 3.8) is 0 Å². The molecule has 0 aliphatic heterocycles. The van der Waals surface area contributed by atoms with Crippen molar-refractivity contribution in [3.8, 4) is 5.75 Å². The first-order chi connectivity index (χ1) is 13.0.